The van der Waals surface area contributed by atoms with Crippen LogP contribution in [0, 0.1) is 0 Å². The van der Waals surface area contributed by atoms with Crippen LogP contribution in [0.15, 0.2) is 42.7 Å². The number of ether oxygens (including phenoxy) is 2. The molecule has 1 aromatic carbocycles. The molecule has 0 unspecified atom stereocenters. The Kier molecular flexibility index (Phi) is 9.02. The Hall–Kier alpha value is -3.79. The van der Waals surface area contributed by atoms with Gasteiger partial charge in [0, 0.05) is 81.4 Å². The molecular weight excluding hydrogens is 544 g/mol. The lowest BCUT2D eigenvalue weighted by Gasteiger charge is -2.36. The summed E-state index contributed by atoms with van der Waals surface area (Å²) in [5, 5.41) is 0.978. The van der Waals surface area contributed by atoms with Gasteiger partial charge in [0.1, 0.15) is 12.2 Å². The zero-order valence-corrected chi connectivity index (χ0v) is 25.5. The first kappa shape index (κ1) is 29.3. The summed E-state index contributed by atoms with van der Waals surface area (Å²) in [6.45, 7) is 8.40. The smallest absolute Gasteiger partial charge is 0.324 e. The SMILES string of the molecule is CCCCCOc1cc(N2CCCN(Cc3ccnc4c3ccn4CC(=O)N3CCN(C4CC4)CC3)C2=O)ccc1OC. The van der Waals surface area contributed by atoms with Gasteiger partial charge in [-0.25, -0.2) is 9.78 Å². The highest BCUT2D eigenvalue weighted by molar-refractivity contribution is 5.93. The van der Waals surface area contributed by atoms with Crippen molar-refractivity contribution in [3.8, 4) is 11.5 Å². The van der Waals surface area contributed by atoms with Crippen molar-refractivity contribution in [2.24, 2.45) is 0 Å². The molecule has 1 saturated carbocycles. The lowest BCUT2D eigenvalue weighted by molar-refractivity contribution is -0.133. The number of benzene rings is 1. The number of pyridine rings is 1. The quantitative estimate of drug-likeness (QED) is 0.284. The van der Waals surface area contributed by atoms with Crippen molar-refractivity contribution >= 4 is 28.7 Å². The predicted molar refractivity (Wildman–Crippen MR) is 167 cm³/mol. The van der Waals surface area contributed by atoms with Gasteiger partial charge < -0.3 is 23.8 Å². The van der Waals surface area contributed by atoms with E-state index >= 15 is 0 Å². The number of piperazine rings is 1. The third-order valence-corrected chi connectivity index (χ3v) is 8.93. The number of methoxy groups -OCH3 is 1. The van der Waals surface area contributed by atoms with E-state index < -0.39 is 0 Å². The molecule has 0 radical (unpaired) electrons. The Morgan fingerprint density at radius 3 is 2.60 bits per heavy atom. The molecule has 1 aliphatic carbocycles. The molecular formula is C33H44N6O4. The van der Waals surface area contributed by atoms with Gasteiger partial charge in [-0.15, -0.1) is 0 Å². The van der Waals surface area contributed by atoms with E-state index in [0.29, 0.717) is 37.7 Å². The number of rotatable bonds is 12. The lowest BCUT2D eigenvalue weighted by atomic mass is 10.1. The van der Waals surface area contributed by atoms with Crippen molar-refractivity contribution in [1.82, 2.24) is 24.3 Å². The van der Waals surface area contributed by atoms with Crippen LogP contribution in [0.25, 0.3) is 11.0 Å². The van der Waals surface area contributed by atoms with Gasteiger partial charge in [-0.2, -0.15) is 0 Å². The van der Waals surface area contributed by atoms with Crippen molar-refractivity contribution in [2.45, 2.75) is 64.6 Å². The molecule has 0 spiro atoms. The van der Waals surface area contributed by atoms with Crippen LogP contribution in [0.3, 0.4) is 0 Å². The van der Waals surface area contributed by atoms with Gasteiger partial charge in [-0.3, -0.25) is 14.6 Å². The first-order valence-electron chi connectivity index (χ1n) is 15.9. The van der Waals surface area contributed by atoms with Crippen LogP contribution < -0.4 is 14.4 Å². The summed E-state index contributed by atoms with van der Waals surface area (Å²) in [4.78, 5) is 39.7. The fraction of sp³-hybridized carbons (Fsp3) is 0.545. The first-order chi connectivity index (χ1) is 21.1. The van der Waals surface area contributed by atoms with Crippen LogP contribution in [0.1, 0.15) is 51.0 Å². The van der Waals surface area contributed by atoms with E-state index in [1.54, 1.807) is 13.3 Å². The van der Waals surface area contributed by atoms with Crippen LogP contribution in [-0.2, 0) is 17.9 Å². The molecule has 10 nitrogen and oxygen atoms in total. The molecule has 0 bridgehead atoms. The normalized spacial score (nSPS) is 18.0. The Morgan fingerprint density at radius 2 is 1.84 bits per heavy atom. The van der Waals surface area contributed by atoms with E-state index in [0.717, 1.165) is 80.2 Å². The van der Waals surface area contributed by atoms with Crippen LogP contribution >= 0.6 is 0 Å². The average Bonchev–Trinajstić information content (AvgIpc) is 3.81. The first-order valence-corrected chi connectivity index (χ1v) is 15.9. The van der Waals surface area contributed by atoms with Crippen molar-refractivity contribution < 1.29 is 19.1 Å². The molecule has 4 heterocycles. The predicted octanol–water partition coefficient (Wildman–Crippen LogP) is 4.75. The minimum absolute atomic E-state index is 0.0294. The van der Waals surface area contributed by atoms with E-state index in [-0.39, 0.29) is 18.5 Å². The lowest BCUT2D eigenvalue weighted by Crippen LogP contribution is -2.50. The zero-order valence-electron chi connectivity index (χ0n) is 25.5. The number of nitrogens with zero attached hydrogens (tertiary/aromatic N) is 6. The number of fused-ring (bicyclic) bond motifs is 1. The van der Waals surface area contributed by atoms with Crippen LogP contribution in [-0.4, -0.2) is 95.2 Å². The van der Waals surface area contributed by atoms with Gasteiger partial charge >= 0.3 is 6.03 Å². The summed E-state index contributed by atoms with van der Waals surface area (Å²) in [5.74, 6) is 1.47. The van der Waals surface area contributed by atoms with E-state index in [1.807, 2.05) is 55.8 Å². The topological polar surface area (TPSA) is 83.4 Å². The second-order valence-corrected chi connectivity index (χ2v) is 11.9. The van der Waals surface area contributed by atoms with Gasteiger partial charge in [-0.1, -0.05) is 19.8 Å². The molecule has 2 aliphatic heterocycles. The molecule has 3 aromatic rings. The third-order valence-electron chi connectivity index (χ3n) is 8.93. The van der Waals surface area contributed by atoms with Gasteiger partial charge in [0.25, 0.3) is 0 Å². The Morgan fingerprint density at radius 1 is 1.00 bits per heavy atom. The molecule has 43 heavy (non-hydrogen) atoms. The second kappa shape index (κ2) is 13.2. The van der Waals surface area contributed by atoms with E-state index in [9.17, 15) is 9.59 Å². The molecule has 6 rings (SSSR count). The average molecular weight is 589 g/mol. The maximum atomic E-state index is 13.7. The Labute approximate surface area is 254 Å². The van der Waals surface area contributed by atoms with Crippen LogP contribution in [0.2, 0.25) is 0 Å². The highest BCUT2D eigenvalue weighted by Gasteiger charge is 2.32. The van der Waals surface area contributed by atoms with Gasteiger partial charge in [0.05, 0.1) is 13.7 Å². The maximum Gasteiger partial charge on any atom is 0.324 e. The van der Waals surface area contributed by atoms with Crippen molar-refractivity contribution in [2.75, 3.05) is 57.9 Å². The molecule has 3 amide bonds. The van der Waals surface area contributed by atoms with Gasteiger partial charge in [-0.05, 0) is 55.5 Å². The number of hydrogen-bond acceptors (Lipinski definition) is 6. The molecule has 230 valence electrons. The van der Waals surface area contributed by atoms with Gasteiger partial charge in [0.15, 0.2) is 11.5 Å². The van der Waals surface area contributed by atoms with Crippen molar-refractivity contribution in [1.29, 1.82) is 0 Å². The highest BCUT2D eigenvalue weighted by atomic mass is 16.5. The summed E-state index contributed by atoms with van der Waals surface area (Å²) >= 11 is 0. The monoisotopic (exact) mass is 588 g/mol. The summed E-state index contributed by atoms with van der Waals surface area (Å²) in [7, 11) is 1.64. The molecule has 2 aromatic heterocycles. The summed E-state index contributed by atoms with van der Waals surface area (Å²) < 4.78 is 13.5. The fourth-order valence-electron chi connectivity index (χ4n) is 6.29. The van der Waals surface area contributed by atoms with Crippen molar-refractivity contribution in [3.63, 3.8) is 0 Å². The minimum Gasteiger partial charge on any atom is -0.493 e. The summed E-state index contributed by atoms with van der Waals surface area (Å²) in [6.07, 6.45) is 10.4. The van der Waals surface area contributed by atoms with E-state index in [1.165, 1.54) is 12.8 Å². The number of carbonyl (C=O) groups excluding carboxylic acids is 2. The minimum atomic E-state index is -0.0294. The standard InChI is InChI=1S/C33H44N6O4/c1-3-4-5-21-43-30-22-27(9-10-29(30)42-2)39-15-6-14-38(33(39)41)23-25-11-13-34-32-28(25)12-16-37(32)24-31(40)36-19-17-35(18-20-36)26-7-8-26/h9-13,16,22,26H,3-8,14-15,17-21,23-24H2,1-2H3. The molecule has 3 aliphatic rings. The number of carbonyl (C=O) groups is 2. The maximum absolute atomic E-state index is 13.7. The number of amides is 3. The summed E-state index contributed by atoms with van der Waals surface area (Å²) in [6, 6.07) is 10.4. The summed E-state index contributed by atoms with van der Waals surface area (Å²) in [5.41, 5.74) is 2.62. The van der Waals surface area contributed by atoms with Crippen LogP contribution in [0.4, 0.5) is 10.5 Å². The fourth-order valence-corrected chi connectivity index (χ4v) is 6.29. The highest BCUT2D eigenvalue weighted by Crippen LogP contribution is 2.34. The number of hydrogen-bond donors (Lipinski definition) is 0. The number of urea groups is 1. The van der Waals surface area contributed by atoms with Crippen LogP contribution in [0.5, 0.6) is 11.5 Å². The molecule has 10 heteroatoms. The molecule has 0 N–H and O–H groups in total. The van der Waals surface area contributed by atoms with Gasteiger partial charge in [0.2, 0.25) is 5.91 Å². The zero-order chi connectivity index (χ0) is 29.8. The molecule has 0 atom stereocenters. The Balaban J connectivity index is 1.12. The number of aromatic nitrogens is 2. The molecule has 2 saturated heterocycles. The number of anilines is 1. The third kappa shape index (κ3) is 6.59. The molecule has 3 fully saturated rings. The largest absolute Gasteiger partial charge is 0.493 e. The van der Waals surface area contributed by atoms with E-state index in [4.69, 9.17) is 9.47 Å². The van der Waals surface area contributed by atoms with Crippen molar-refractivity contribution in [3.05, 3.63) is 48.3 Å². The second-order valence-electron chi connectivity index (χ2n) is 11.9. The number of unbranched alkanes of at least 4 members (excludes halogenated alkanes) is 2. The van der Waals surface area contributed by atoms with E-state index in [2.05, 4.69) is 16.8 Å². The Bertz CT molecular complexity index is 1430.